The van der Waals surface area contributed by atoms with Crippen LogP contribution in [-0.4, -0.2) is 58.0 Å². The number of H-pyrrole nitrogens is 1. The van der Waals surface area contributed by atoms with Gasteiger partial charge in [-0.05, 0) is 25.1 Å². The van der Waals surface area contributed by atoms with Crippen LogP contribution < -0.4 is 5.56 Å². The molecule has 1 aliphatic rings. The average molecular weight is 380 g/mol. The number of amides is 2. The molecule has 3 aromatic rings. The standard InChI is InChI=1S/C20H20N4O4/c1-13(17-14-5-2-3-6-15(14)18(25)22-21-17)19(26)23-8-10-24(11-9-23)20(27)16-7-4-12-28-16/h2-7,12-13H,8-11H2,1H3,(H,22,25). The summed E-state index contributed by atoms with van der Waals surface area (Å²) in [5.41, 5.74) is 0.276. The second-order valence-corrected chi connectivity index (χ2v) is 6.80. The van der Waals surface area contributed by atoms with E-state index in [4.69, 9.17) is 4.42 Å². The molecule has 1 unspecified atom stereocenters. The first-order valence-corrected chi connectivity index (χ1v) is 9.15. The lowest BCUT2D eigenvalue weighted by Gasteiger charge is -2.35. The van der Waals surface area contributed by atoms with Gasteiger partial charge >= 0.3 is 0 Å². The molecule has 0 radical (unpaired) electrons. The van der Waals surface area contributed by atoms with Gasteiger partial charge in [-0.3, -0.25) is 14.4 Å². The first-order chi connectivity index (χ1) is 13.6. The van der Waals surface area contributed by atoms with Crippen LogP contribution in [0, 0.1) is 0 Å². The van der Waals surface area contributed by atoms with Gasteiger partial charge in [0.2, 0.25) is 5.91 Å². The Balaban J connectivity index is 1.48. The van der Waals surface area contributed by atoms with Crippen molar-refractivity contribution in [3.63, 3.8) is 0 Å². The van der Waals surface area contributed by atoms with Gasteiger partial charge in [0.25, 0.3) is 11.5 Å². The van der Waals surface area contributed by atoms with Crippen LogP contribution in [-0.2, 0) is 4.79 Å². The van der Waals surface area contributed by atoms with Crippen LogP contribution >= 0.6 is 0 Å². The van der Waals surface area contributed by atoms with E-state index in [1.54, 1.807) is 47.1 Å². The minimum Gasteiger partial charge on any atom is -0.459 e. The molecule has 8 heteroatoms. The molecule has 0 saturated carbocycles. The number of hydrogen-bond donors (Lipinski definition) is 1. The topological polar surface area (TPSA) is 99.5 Å². The van der Waals surface area contributed by atoms with E-state index in [0.29, 0.717) is 48.4 Å². The van der Waals surface area contributed by atoms with Gasteiger partial charge in [0.1, 0.15) is 0 Å². The molecule has 0 spiro atoms. The highest BCUT2D eigenvalue weighted by molar-refractivity contribution is 5.92. The monoisotopic (exact) mass is 380 g/mol. The van der Waals surface area contributed by atoms with Gasteiger partial charge in [-0.1, -0.05) is 18.2 Å². The van der Waals surface area contributed by atoms with Gasteiger partial charge in [-0.25, -0.2) is 5.10 Å². The van der Waals surface area contributed by atoms with Crippen LogP contribution in [0.15, 0.2) is 51.9 Å². The fourth-order valence-corrected chi connectivity index (χ4v) is 3.54. The van der Waals surface area contributed by atoms with Crippen LogP contribution in [0.3, 0.4) is 0 Å². The number of rotatable bonds is 3. The molecule has 1 saturated heterocycles. The van der Waals surface area contributed by atoms with Gasteiger partial charge < -0.3 is 14.2 Å². The number of hydrogen-bond acceptors (Lipinski definition) is 5. The third kappa shape index (κ3) is 3.17. The molecule has 0 aliphatic carbocycles. The molecule has 28 heavy (non-hydrogen) atoms. The zero-order valence-corrected chi connectivity index (χ0v) is 15.4. The molecule has 1 N–H and O–H groups in total. The smallest absolute Gasteiger partial charge is 0.289 e. The van der Waals surface area contributed by atoms with E-state index in [1.165, 1.54) is 6.26 Å². The lowest BCUT2D eigenvalue weighted by molar-refractivity contribution is -0.134. The van der Waals surface area contributed by atoms with Crippen LogP contribution in [0.4, 0.5) is 0 Å². The molecule has 1 atom stereocenters. The first-order valence-electron chi connectivity index (χ1n) is 9.15. The zero-order valence-electron chi connectivity index (χ0n) is 15.4. The Hall–Kier alpha value is -3.42. The minimum atomic E-state index is -0.505. The Bertz CT molecular complexity index is 1070. The van der Waals surface area contributed by atoms with E-state index in [2.05, 4.69) is 10.2 Å². The predicted molar refractivity (Wildman–Crippen MR) is 102 cm³/mol. The maximum absolute atomic E-state index is 13.0. The number of nitrogens with zero attached hydrogens (tertiary/aromatic N) is 3. The van der Waals surface area contributed by atoms with Crippen molar-refractivity contribution in [3.8, 4) is 0 Å². The molecule has 2 aromatic heterocycles. The van der Waals surface area contributed by atoms with E-state index in [0.717, 1.165) is 0 Å². The van der Waals surface area contributed by atoms with Crippen LogP contribution in [0.25, 0.3) is 10.8 Å². The van der Waals surface area contributed by atoms with E-state index < -0.39 is 5.92 Å². The van der Waals surface area contributed by atoms with Crippen molar-refractivity contribution in [1.82, 2.24) is 20.0 Å². The molecular weight excluding hydrogens is 360 g/mol. The Morgan fingerprint density at radius 1 is 1.04 bits per heavy atom. The molecule has 1 aliphatic heterocycles. The summed E-state index contributed by atoms with van der Waals surface area (Å²) < 4.78 is 5.16. The normalized spacial score (nSPS) is 15.6. The fourth-order valence-electron chi connectivity index (χ4n) is 3.54. The number of carbonyl (C=O) groups is 2. The zero-order chi connectivity index (χ0) is 19.7. The van der Waals surface area contributed by atoms with Crippen molar-refractivity contribution in [1.29, 1.82) is 0 Å². The summed E-state index contributed by atoms with van der Waals surface area (Å²) in [5.74, 6) is -0.445. The van der Waals surface area contributed by atoms with Crippen LogP contribution in [0.2, 0.25) is 0 Å². The molecule has 1 fully saturated rings. The molecule has 4 rings (SSSR count). The number of piperazine rings is 1. The largest absolute Gasteiger partial charge is 0.459 e. The maximum atomic E-state index is 13.0. The van der Waals surface area contributed by atoms with Crippen LogP contribution in [0.1, 0.15) is 29.1 Å². The summed E-state index contributed by atoms with van der Waals surface area (Å²) in [6, 6.07) is 10.4. The molecule has 144 valence electrons. The number of nitrogens with one attached hydrogen (secondary N) is 1. The van der Waals surface area contributed by atoms with Gasteiger partial charge in [-0.15, -0.1) is 0 Å². The Morgan fingerprint density at radius 2 is 1.71 bits per heavy atom. The number of aromatic nitrogens is 2. The third-order valence-electron chi connectivity index (χ3n) is 5.12. The molecular formula is C20H20N4O4. The second-order valence-electron chi connectivity index (χ2n) is 6.80. The summed E-state index contributed by atoms with van der Waals surface area (Å²) in [6.07, 6.45) is 1.47. The molecule has 3 heterocycles. The lowest BCUT2D eigenvalue weighted by atomic mass is 10.00. The van der Waals surface area contributed by atoms with Crippen molar-refractivity contribution < 1.29 is 14.0 Å². The number of aromatic amines is 1. The highest BCUT2D eigenvalue weighted by Crippen LogP contribution is 2.23. The van der Waals surface area contributed by atoms with Crippen molar-refractivity contribution in [2.24, 2.45) is 0 Å². The van der Waals surface area contributed by atoms with Crippen molar-refractivity contribution in [3.05, 3.63) is 64.5 Å². The third-order valence-corrected chi connectivity index (χ3v) is 5.12. The Labute approximate surface area is 160 Å². The number of fused-ring (bicyclic) bond motifs is 1. The van der Waals surface area contributed by atoms with Gasteiger partial charge in [0.15, 0.2) is 5.76 Å². The first kappa shape index (κ1) is 18.0. The maximum Gasteiger partial charge on any atom is 0.289 e. The molecule has 8 nitrogen and oxygen atoms in total. The lowest BCUT2D eigenvalue weighted by Crippen LogP contribution is -2.51. The van der Waals surface area contributed by atoms with Gasteiger partial charge in [-0.2, -0.15) is 5.10 Å². The number of carbonyl (C=O) groups excluding carboxylic acids is 2. The van der Waals surface area contributed by atoms with E-state index in [1.807, 2.05) is 6.07 Å². The molecule has 1 aromatic carbocycles. The van der Waals surface area contributed by atoms with Crippen molar-refractivity contribution in [2.45, 2.75) is 12.8 Å². The SMILES string of the molecule is CC(C(=O)N1CCN(C(=O)c2ccco2)CC1)c1n[nH]c(=O)c2ccccc12. The average Bonchev–Trinajstić information content (AvgIpc) is 3.28. The summed E-state index contributed by atoms with van der Waals surface area (Å²) in [6.45, 7) is 3.55. The van der Waals surface area contributed by atoms with Crippen molar-refractivity contribution in [2.75, 3.05) is 26.2 Å². The summed E-state index contributed by atoms with van der Waals surface area (Å²) in [5, 5.41) is 7.81. The molecule has 0 bridgehead atoms. The Kier molecular flexibility index (Phi) is 4.68. The predicted octanol–water partition coefficient (Wildman–Crippen LogP) is 1.60. The van der Waals surface area contributed by atoms with Gasteiger partial charge in [0, 0.05) is 31.6 Å². The minimum absolute atomic E-state index is 0.0743. The summed E-state index contributed by atoms with van der Waals surface area (Å²) in [4.78, 5) is 40.7. The van der Waals surface area contributed by atoms with Crippen LogP contribution in [0.5, 0.6) is 0 Å². The highest BCUT2D eigenvalue weighted by Gasteiger charge is 2.30. The molecule has 2 amide bonds. The Morgan fingerprint density at radius 3 is 2.39 bits per heavy atom. The second kappa shape index (κ2) is 7.30. The summed E-state index contributed by atoms with van der Waals surface area (Å²) >= 11 is 0. The van der Waals surface area contributed by atoms with Gasteiger partial charge in [0.05, 0.1) is 23.3 Å². The number of furan rings is 1. The van der Waals surface area contributed by atoms with E-state index in [9.17, 15) is 14.4 Å². The van der Waals surface area contributed by atoms with E-state index in [-0.39, 0.29) is 17.4 Å². The van der Waals surface area contributed by atoms with Crippen molar-refractivity contribution >= 4 is 22.6 Å². The fraction of sp³-hybridized carbons (Fsp3) is 0.300. The highest BCUT2D eigenvalue weighted by atomic mass is 16.3. The van der Waals surface area contributed by atoms with E-state index >= 15 is 0 Å². The number of benzene rings is 1. The summed E-state index contributed by atoms with van der Waals surface area (Å²) in [7, 11) is 0. The quantitative estimate of drug-likeness (QED) is 0.744.